The van der Waals surface area contributed by atoms with Gasteiger partial charge in [-0.25, -0.2) is 24.0 Å². The van der Waals surface area contributed by atoms with Gasteiger partial charge < -0.3 is 23.7 Å². The van der Waals surface area contributed by atoms with Crippen molar-refractivity contribution in [3.05, 3.63) is 83.6 Å². The molecule has 254 valence electrons. The maximum Gasteiger partial charge on any atom is 0.424 e. The highest BCUT2D eigenvalue weighted by Crippen LogP contribution is 2.31. The van der Waals surface area contributed by atoms with Gasteiger partial charge in [0.25, 0.3) is 0 Å². The van der Waals surface area contributed by atoms with Crippen molar-refractivity contribution in [2.75, 3.05) is 7.11 Å². The summed E-state index contributed by atoms with van der Waals surface area (Å²) in [7, 11) is 1.10. The van der Waals surface area contributed by atoms with E-state index in [9.17, 15) is 24.0 Å². The Morgan fingerprint density at radius 1 is 0.766 bits per heavy atom. The van der Waals surface area contributed by atoms with Gasteiger partial charge in [-0.05, 0) is 71.9 Å². The molecular weight excluding hydrogens is 608 g/mol. The minimum atomic E-state index is -1.17. The minimum absolute atomic E-state index is 0.0349. The molecule has 3 amide bonds. The van der Waals surface area contributed by atoms with Crippen molar-refractivity contribution in [1.29, 1.82) is 0 Å². The molecule has 0 saturated carbocycles. The smallest absolute Gasteiger partial charge is 0.424 e. The van der Waals surface area contributed by atoms with E-state index < -0.39 is 59.2 Å². The fourth-order valence-electron chi connectivity index (χ4n) is 4.77. The quantitative estimate of drug-likeness (QED) is 0.167. The Labute approximate surface area is 275 Å². The lowest BCUT2D eigenvalue weighted by Gasteiger charge is -2.30. The lowest BCUT2D eigenvalue weighted by molar-refractivity contribution is -0.160. The fourth-order valence-corrected chi connectivity index (χ4v) is 4.77. The van der Waals surface area contributed by atoms with Gasteiger partial charge in [0.15, 0.2) is 0 Å². The first-order valence-corrected chi connectivity index (χ1v) is 15.3. The zero-order valence-corrected chi connectivity index (χ0v) is 28.0. The molecule has 0 radical (unpaired) electrons. The molecule has 1 saturated heterocycles. The summed E-state index contributed by atoms with van der Waals surface area (Å²) in [5.74, 6) is -1.62. The number of carbonyl (C=O) groups excluding carboxylic acids is 5. The highest BCUT2D eigenvalue weighted by Gasteiger charge is 2.44. The van der Waals surface area contributed by atoms with Gasteiger partial charge >= 0.3 is 30.2 Å². The van der Waals surface area contributed by atoms with Gasteiger partial charge in [-0.3, -0.25) is 4.90 Å². The third-order valence-electron chi connectivity index (χ3n) is 6.78. The van der Waals surface area contributed by atoms with Crippen LogP contribution in [0.25, 0.3) is 0 Å². The Morgan fingerprint density at radius 2 is 1.30 bits per heavy atom. The number of nitrogens with zero attached hydrogens (tertiary/aromatic N) is 2. The van der Waals surface area contributed by atoms with Gasteiger partial charge in [-0.1, -0.05) is 66.7 Å². The molecule has 0 N–H and O–H groups in total. The Hall–Kier alpha value is -4.87. The zero-order chi connectivity index (χ0) is 34.8. The van der Waals surface area contributed by atoms with Crippen molar-refractivity contribution in [1.82, 2.24) is 9.80 Å². The van der Waals surface area contributed by atoms with Crippen LogP contribution in [0.2, 0.25) is 0 Å². The van der Waals surface area contributed by atoms with E-state index in [1.165, 1.54) is 11.0 Å². The van der Waals surface area contributed by atoms with Crippen molar-refractivity contribution >= 4 is 30.2 Å². The summed E-state index contributed by atoms with van der Waals surface area (Å²) >= 11 is 0. The summed E-state index contributed by atoms with van der Waals surface area (Å²) in [6.45, 7) is 9.77. The number of amides is 3. The zero-order valence-electron chi connectivity index (χ0n) is 28.0. The number of esters is 2. The SMILES string of the molecule is COC(=O)/C(=C\C[C@H]1CC[C@@H](C(=O)OC(C)(C)C)N1C(=O)OCc1ccccc1)N(C(=O)OCc1ccccc1)C(=O)OC(C)(C)C. The lowest BCUT2D eigenvalue weighted by atomic mass is 10.1. The van der Waals surface area contributed by atoms with E-state index in [1.807, 2.05) is 18.2 Å². The van der Waals surface area contributed by atoms with E-state index in [0.717, 1.165) is 12.7 Å². The summed E-state index contributed by atoms with van der Waals surface area (Å²) in [5, 5.41) is 0. The monoisotopic (exact) mass is 652 g/mol. The molecule has 0 aromatic heterocycles. The van der Waals surface area contributed by atoms with Crippen molar-refractivity contribution in [3.8, 4) is 0 Å². The number of rotatable bonds is 9. The van der Waals surface area contributed by atoms with E-state index in [0.29, 0.717) is 16.9 Å². The maximum atomic E-state index is 13.5. The Kier molecular flexibility index (Phi) is 12.5. The molecule has 0 bridgehead atoms. The van der Waals surface area contributed by atoms with E-state index in [-0.39, 0.29) is 26.1 Å². The average molecular weight is 653 g/mol. The molecule has 47 heavy (non-hydrogen) atoms. The van der Waals surface area contributed by atoms with Gasteiger partial charge in [-0.15, -0.1) is 0 Å². The van der Waals surface area contributed by atoms with Crippen LogP contribution in [-0.2, 0) is 46.5 Å². The molecule has 1 heterocycles. The second-order valence-electron chi connectivity index (χ2n) is 12.9. The molecule has 1 fully saturated rings. The number of benzene rings is 2. The first kappa shape index (κ1) is 36.6. The Morgan fingerprint density at radius 3 is 1.81 bits per heavy atom. The number of likely N-dealkylation sites (tertiary alicyclic amines) is 1. The molecule has 2 aromatic carbocycles. The number of ether oxygens (including phenoxy) is 5. The standard InChI is InChI=1S/C35H44N2O10/c1-34(2,3)46-30(39)28-21-19-26(36(28)31(40)44-22-24-14-10-8-11-15-24)18-20-27(29(38)43-7)37(33(42)47-35(4,5)6)32(41)45-23-25-16-12-9-13-17-25/h8-17,20,26,28H,18-19,21-23H2,1-7H3/b27-20+/t26-,28-/m0/s1. The fraction of sp³-hybridized carbons (Fsp3) is 0.457. The van der Waals surface area contributed by atoms with Crippen LogP contribution in [0.15, 0.2) is 72.4 Å². The van der Waals surface area contributed by atoms with Crippen molar-refractivity contribution < 1.29 is 47.7 Å². The maximum absolute atomic E-state index is 13.5. The summed E-state index contributed by atoms with van der Waals surface area (Å²) < 4.78 is 27.0. The highest BCUT2D eigenvalue weighted by molar-refractivity contribution is 6.01. The average Bonchev–Trinajstić information content (AvgIpc) is 3.44. The van der Waals surface area contributed by atoms with Crippen LogP contribution >= 0.6 is 0 Å². The molecule has 2 aromatic rings. The predicted octanol–water partition coefficient (Wildman–Crippen LogP) is 6.52. The Balaban J connectivity index is 1.94. The van der Waals surface area contributed by atoms with E-state index >= 15 is 0 Å². The van der Waals surface area contributed by atoms with Crippen LogP contribution < -0.4 is 0 Å². The van der Waals surface area contributed by atoms with Crippen LogP contribution in [0.5, 0.6) is 0 Å². The van der Waals surface area contributed by atoms with Crippen LogP contribution in [0.4, 0.5) is 14.4 Å². The van der Waals surface area contributed by atoms with Crippen LogP contribution in [-0.4, -0.2) is 70.4 Å². The van der Waals surface area contributed by atoms with Gasteiger partial charge in [0.1, 0.15) is 36.2 Å². The number of methoxy groups -OCH3 is 1. The summed E-state index contributed by atoms with van der Waals surface area (Å²) in [5.41, 5.74) is -0.904. The molecule has 2 atom stereocenters. The van der Waals surface area contributed by atoms with Gasteiger partial charge in [0, 0.05) is 6.04 Å². The highest BCUT2D eigenvalue weighted by atomic mass is 16.6. The number of hydrogen-bond donors (Lipinski definition) is 0. The lowest BCUT2D eigenvalue weighted by Crippen LogP contribution is -2.47. The van der Waals surface area contributed by atoms with Gasteiger partial charge in [-0.2, -0.15) is 4.90 Å². The number of imide groups is 1. The van der Waals surface area contributed by atoms with E-state index in [4.69, 9.17) is 23.7 Å². The summed E-state index contributed by atoms with van der Waals surface area (Å²) in [6, 6.07) is 16.2. The third-order valence-corrected chi connectivity index (χ3v) is 6.78. The molecule has 0 spiro atoms. The third kappa shape index (κ3) is 11.2. The summed E-state index contributed by atoms with van der Waals surface area (Å²) in [6.07, 6.45) is -1.27. The molecule has 12 nitrogen and oxygen atoms in total. The predicted molar refractivity (Wildman–Crippen MR) is 171 cm³/mol. The largest absolute Gasteiger partial charge is 0.464 e. The van der Waals surface area contributed by atoms with Crippen molar-refractivity contribution in [3.63, 3.8) is 0 Å². The van der Waals surface area contributed by atoms with Gasteiger partial charge in [0.05, 0.1) is 7.11 Å². The molecule has 1 aliphatic heterocycles. The van der Waals surface area contributed by atoms with Crippen LogP contribution in [0, 0.1) is 0 Å². The van der Waals surface area contributed by atoms with E-state index in [1.54, 1.807) is 84.0 Å². The first-order chi connectivity index (χ1) is 22.1. The second-order valence-corrected chi connectivity index (χ2v) is 12.9. The number of carbonyl (C=O) groups is 5. The molecule has 3 rings (SSSR count). The van der Waals surface area contributed by atoms with Gasteiger partial charge in [0.2, 0.25) is 0 Å². The second kappa shape index (κ2) is 16.1. The molecular formula is C35H44N2O10. The topological polar surface area (TPSA) is 138 Å². The molecule has 12 heteroatoms. The Bertz CT molecular complexity index is 1430. The normalized spacial score (nSPS) is 16.6. The molecule has 1 aliphatic rings. The number of hydrogen-bond acceptors (Lipinski definition) is 10. The van der Waals surface area contributed by atoms with Crippen molar-refractivity contribution in [2.24, 2.45) is 0 Å². The van der Waals surface area contributed by atoms with Crippen molar-refractivity contribution in [2.45, 2.75) is 97.3 Å². The summed E-state index contributed by atoms with van der Waals surface area (Å²) in [4.78, 5) is 68.3. The first-order valence-electron chi connectivity index (χ1n) is 15.3. The van der Waals surface area contributed by atoms with Crippen LogP contribution in [0.1, 0.15) is 71.9 Å². The molecule has 0 aliphatic carbocycles. The molecule has 0 unspecified atom stereocenters. The van der Waals surface area contributed by atoms with Crippen LogP contribution in [0.3, 0.4) is 0 Å². The minimum Gasteiger partial charge on any atom is -0.464 e. The van der Waals surface area contributed by atoms with E-state index in [2.05, 4.69) is 0 Å².